The van der Waals surface area contributed by atoms with Crippen molar-refractivity contribution in [3.05, 3.63) is 125 Å². The van der Waals surface area contributed by atoms with Crippen LogP contribution in [0.1, 0.15) is 77.6 Å². The van der Waals surface area contributed by atoms with Crippen LogP contribution in [0.2, 0.25) is 0 Å². The standard InChI is InChI=1S/C41H41N/c1-39(2,3)30-18-13-26(14-19-30)28-17-22-36-32(23-28)33-24-29(27-15-20-31(21-16-27)40(4,5)6)25-35-38(33)42(36)37-12-10-9-11-34(37)41(35,7)8/h9-25H,1-8H3. The molecular formula is C41H41N. The van der Waals surface area contributed by atoms with Crippen molar-refractivity contribution in [3.8, 4) is 27.9 Å². The van der Waals surface area contributed by atoms with Gasteiger partial charge in [-0.2, -0.15) is 0 Å². The first kappa shape index (κ1) is 26.8. The van der Waals surface area contributed by atoms with Gasteiger partial charge in [0, 0.05) is 16.2 Å². The Bertz CT molecular complexity index is 1980. The molecule has 0 radical (unpaired) electrons. The second kappa shape index (κ2) is 8.95. The maximum absolute atomic E-state index is 2.51. The third-order valence-electron chi connectivity index (χ3n) is 9.52. The summed E-state index contributed by atoms with van der Waals surface area (Å²) in [7, 11) is 0. The highest BCUT2D eigenvalue weighted by Crippen LogP contribution is 2.49. The van der Waals surface area contributed by atoms with Crippen molar-refractivity contribution in [2.24, 2.45) is 0 Å². The molecule has 0 bridgehead atoms. The minimum absolute atomic E-state index is 0.119. The van der Waals surface area contributed by atoms with Gasteiger partial charge in [-0.05, 0) is 85.7 Å². The summed E-state index contributed by atoms with van der Waals surface area (Å²) in [6.07, 6.45) is 0. The fourth-order valence-electron chi connectivity index (χ4n) is 6.89. The zero-order chi connectivity index (χ0) is 29.6. The zero-order valence-electron chi connectivity index (χ0n) is 26.3. The van der Waals surface area contributed by atoms with Crippen LogP contribution in [0.3, 0.4) is 0 Å². The fourth-order valence-corrected chi connectivity index (χ4v) is 6.89. The van der Waals surface area contributed by atoms with Crippen LogP contribution in [0.4, 0.5) is 0 Å². The van der Waals surface area contributed by atoms with Crippen molar-refractivity contribution < 1.29 is 0 Å². The van der Waals surface area contributed by atoms with Crippen molar-refractivity contribution in [2.45, 2.75) is 71.6 Å². The molecule has 1 heteroatoms. The number of hydrogen-bond donors (Lipinski definition) is 0. The number of fused-ring (bicyclic) bond motifs is 5. The largest absolute Gasteiger partial charge is 0.309 e. The summed E-state index contributed by atoms with van der Waals surface area (Å²) in [6, 6.07) is 39.2. The maximum Gasteiger partial charge on any atom is 0.0582 e. The molecule has 5 aromatic carbocycles. The van der Waals surface area contributed by atoms with Crippen molar-refractivity contribution in [1.29, 1.82) is 0 Å². The van der Waals surface area contributed by atoms with Gasteiger partial charge in [-0.15, -0.1) is 0 Å². The average molecular weight is 548 g/mol. The van der Waals surface area contributed by atoms with E-state index in [1.54, 1.807) is 0 Å². The summed E-state index contributed by atoms with van der Waals surface area (Å²) < 4.78 is 2.51. The molecule has 0 saturated carbocycles. The van der Waals surface area contributed by atoms with E-state index in [1.807, 2.05) is 0 Å². The number of para-hydroxylation sites is 1. The highest BCUT2D eigenvalue weighted by molar-refractivity contribution is 6.13. The summed E-state index contributed by atoms with van der Waals surface area (Å²) >= 11 is 0. The van der Waals surface area contributed by atoms with E-state index < -0.39 is 0 Å². The van der Waals surface area contributed by atoms with Gasteiger partial charge in [-0.1, -0.05) is 128 Å². The zero-order valence-corrected chi connectivity index (χ0v) is 26.3. The molecule has 7 rings (SSSR count). The van der Waals surface area contributed by atoms with Crippen LogP contribution >= 0.6 is 0 Å². The Labute approximate surface area is 250 Å². The molecule has 0 N–H and O–H groups in total. The van der Waals surface area contributed by atoms with Gasteiger partial charge < -0.3 is 4.57 Å². The number of nitrogens with zero attached hydrogens (tertiary/aromatic N) is 1. The Morgan fingerprint density at radius 2 is 1.02 bits per heavy atom. The van der Waals surface area contributed by atoms with Crippen molar-refractivity contribution in [3.63, 3.8) is 0 Å². The van der Waals surface area contributed by atoms with Gasteiger partial charge in [0.1, 0.15) is 0 Å². The van der Waals surface area contributed by atoms with E-state index in [1.165, 1.54) is 72.0 Å². The first-order valence-corrected chi connectivity index (χ1v) is 15.3. The average Bonchev–Trinajstić information content (AvgIpc) is 3.29. The third kappa shape index (κ3) is 4.05. The summed E-state index contributed by atoms with van der Waals surface area (Å²) in [6.45, 7) is 18.4. The number of aromatic nitrogens is 1. The van der Waals surface area contributed by atoms with Gasteiger partial charge in [0.2, 0.25) is 0 Å². The molecule has 0 atom stereocenters. The van der Waals surface area contributed by atoms with E-state index >= 15 is 0 Å². The SMILES string of the molecule is CC(C)(C)c1ccc(-c2ccc3c(c2)c2cc(-c4ccc(C(C)(C)C)cc4)cc4c2n3-c2ccccc2C4(C)C)cc1. The normalized spacial score (nSPS) is 14.4. The van der Waals surface area contributed by atoms with Crippen LogP contribution in [0, 0.1) is 0 Å². The minimum Gasteiger partial charge on any atom is -0.309 e. The summed E-state index contributed by atoms with van der Waals surface area (Å²) in [5.74, 6) is 0. The monoisotopic (exact) mass is 547 g/mol. The van der Waals surface area contributed by atoms with E-state index in [9.17, 15) is 0 Å². The Hall–Kier alpha value is -4.10. The second-order valence-electron chi connectivity index (χ2n) is 14.8. The van der Waals surface area contributed by atoms with Crippen LogP contribution in [-0.2, 0) is 16.2 Å². The van der Waals surface area contributed by atoms with Gasteiger partial charge >= 0.3 is 0 Å². The van der Waals surface area contributed by atoms with Crippen LogP contribution in [0.25, 0.3) is 49.7 Å². The van der Waals surface area contributed by atoms with E-state index in [0.29, 0.717) is 0 Å². The maximum atomic E-state index is 2.51. The number of benzene rings is 5. The van der Waals surface area contributed by atoms with E-state index in [-0.39, 0.29) is 16.2 Å². The molecule has 0 unspecified atom stereocenters. The highest BCUT2D eigenvalue weighted by atomic mass is 15.0. The lowest BCUT2D eigenvalue weighted by molar-refractivity contribution is 0.590. The van der Waals surface area contributed by atoms with Crippen LogP contribution in [-0.4, -0.2) is 4.57 Å². The minimum atomic E-state index is -0.119. The lowest BCUT2D eigenvalue weighted by atomic mass is 9.74. The first-order chi connectivity index (χ1) is 19.8. The Morgan fingerprint density at radius 1 is 0.500 bits per heavy atom. The molecular weight excluding hydrogens is 506 g/mol. The number of rotatable bonds is 2. The summed E-state index contributed by atoms with van der Waals surface area (Å²) in [5.41, 5.74) is 14.6. The molecule has 2 heterocycles. The first-order valence-electron chi connectivity index (χ1n) is 15.3. The molecule has 1 aromatic heterocycles. The Kier molecular flexibility index (Phi) is 5.71. The topological polar surface area (TPSA) is 4.93 Å². The predicted molar refractivity (Wildman–Crippen MR) is 181 cm³/mol. The van der Waals surface area contributed by atoms with E-state index in [2.05, 4.69) is 163 Å². The molecule has 42 heavy (non-hydrogen) atoms. The molecule has 0 spiro atoms. The molecule has 1 aliphatic rings. The Balaban J connectivity index is 1.51. The molecule has 1 nitrogen and oxygen atoms in total. The molecule has 0 saturated heterocycles. The van der Waals surface area contributed by atoms with Gasteiger partial charge in [0.15, 0.2) is 0 Å². The van der Waals surface area contributed by atoms with Crippen LogP contribution in [0.15, 0.2) is 103 Å². The number of hydrogen-bond acceptors (Lipinski definition) is 0. The smallest absolute Gasteiger partial charge is 0.0582 e. The molecule has 0 aliphatic carbocycles. The molecule has 1 aliphatic heterocycles. The van der Waals surface area contributed by atoms with E-state index in [4.69, 9.17) is 0 Å². The van der Waals surface area contributed by atoms with Gasteiger partial charge in [-0.3, -0.25) is 0 Å². The summed E-state index contributed by atoms with van der Waals surface area (Å²) in [5, 5.41) is 2.64. The fraction of sp³-hybridized carbons (Fsp3) is 0.268. The lowest BCUT2D eigenvalue weighted by Gasteiger charge is -2.35. The Morgan fingerprint density at radius 3 is 1.62 bits per heavy atom. The second-order valence-corrected chi connectivity index (χ2v) is 14.8. The molecule has 0 fully saturated rings. The van der Waals surface area contributed by atoms with Crippen LogP contribution in [0.5, 0.6) is 0 Å². The predicted octanol–water partition coefficient (Wildman–Crippen LogP) is 11.4. The third-order valence-corrected chi connectivity index (χ3v) is 9.52. The van der Waals surface area contributed by atoms with Gasteiger partial charge in [0.05, 0.1) is 16.7 Å². The summed E-state index contributed by atoms with van der Waals surface area (Å²) in [4.78, 5) is 0. The van der Waals surface area contributed by atoms with Gasteiger partial charge in [0.25, 0.3) is 0 Å². The lowest BCUT2D eigenvalue weighted by Crippen LogP contribution is -2.26. The molecule has 0 amide bonds. The quantitative estimate of drug-likeness (QED) is 0.203. The van der Waals surface area contributed by atoms with Crippen molar-refractivity contribution in [1.82, 2.24) is 4.57 Å². The van der Waals surface area contributed by atoms with Gasteiger partial charge in [-0.25, -0.2) is 0 Å². The van der Waals surface area contributed by atoms with Crippen molar-refractivity contribution >= 4 is 21.8 Å². The van der Waals surface area contributed by atoms with Crippen molar-refractivity contribution in [2.75, 3.05) is 0 Å². The van der Waals surface area contributed by atoms with E-state index in [0.717, 1.165) is 0 Å². The van der Waals surface area contributed by atoms with Crippen LogP contribution < -0.4 is 0 Å². The molecule has 210 valence electrons. The molecule has 6 aromatic rings. The highest BCUT2D eigenvalue weighted by Gasteiger charge is 2.35.